The van der Waals surface area contributed by atoms with Gasteiger partial charge in [-0.15, -0.1) is 0 Å². The maximum atomic E-state index is 14.1. The van der Waals surface area contributed by atoms with Crippen LogP contribution in [0, 0.1) is 5.92 Å². The van der Waals surface area contributed by atoms with E-state index in [2.05, 4.69) is 21.2 Å². The average molecular weight is 631 g/mol. The highest BCUT2D eigenvalue weighted by atomic mass is 79.9. The number of para-hydroxylation sites is 1. The topological polar surface area (TPSA) is 96.0 Å². The van der Waals surface area contributed by atoms with E-state index >= 15 is 0 Å². The first kappa shape index (κ1) is 31.2. The van der Waals surface area contributed by atoms with Crippen LogP contribution >= 0.6 is 15.9 Å². The van der Waals surface area contributed by atoms with Crippen molar-refractivity contribution >= 4 is 43.5 Å². The zero-order valence-corrected chi connectivity index (χ0v) is 25.6. The van der Waals surface area contributed by atoms with Crippen LogP contribution in [0.25, 0.3) is 0 Å². The van der Waals surface area contributed by atoms with Crippen LogP contribution in [0.15, 0.2) is 83.3 Å². The summed E-state index contributed by atoms with van der Waals surface area (Å²) >= 11 is 3.41. The molecule has 0 aromatic heterocycles. The summed E-state index contributed by atoms with van der Waals surface area (Å²) in [5.74, 6) is 0.00462. The van der Waals surface area contributed by atoms with E-state index in [1.54, 1.807) is 43.5 Å². The van der Waals surface area contributed by atoms with Gasteiger partial charge in [-0.3, -0.25) is 13.9 Å². The van der Waals surface area contributed by atoms with Crippen LogP contribution in [0.1, 0.15) is 25.0 Å². The molecule has 0 aliphatic carbocycles. The van der Waals surface area contributed by atoms with Gasteiger partial charge in [0.05, 0.1) is 19.1 Å². The van der Waals surface area contributed by atoms with E-state index in [1.165, 1.54) is 4.90 Å². The van der Waals surface area contributed by atoms with Gasteiger partial charge in [-0.2, -0.15) is 0 Å². The van der Waals surface area contributed by atoms with Gasteiger partial charge in [-0.1, -0.05) is 68.4 Å². The Labute approximate surface area is 245 Å². The smallest absolute Gasteiger partial charge is 0.244 e. The molecule has 1 atom stereocenters. The predicted octanol–water partition coefficient (Wildman–Crippen LogP) is 4.64. The number of nitrogens with zero attached hydrogens (tertiary/aromatic N) is 2. The van der Waals surface area contributed by atoms with Crippen molar-refractivity contribution in [3.05, 3.63) is 94.5 Å². The molecule has 1 N–H and O–H groups in total. The van der Waals surface area contributed by atoms with Gasteiger partial charge >= 0.3 is 0 Å². The number of rotatable bonds is 13. The molecule has 0 heterocycles. The van der Waals surface area contributed by atoms with Gasteiger partial charge < -0.3 is 15.0 Å². The summed E-state index contributed by atoms with van der Waals surface area (Å²) in [4.78, 5) is 29.2. The summed E-state index contributed by atoms with van der Waals surface area (Å²) in [6, 6.07) is 22.6. The lowest BCUT2D eigenvalue weighted by Gasteiger charge is -2.34. The van der Waals surface area contributed by atoms with Crippen LogP contribution in [0.4, 0.5) is 5.69 Å². The molecular weight excluding hydrogens is 594 g/mol. The van der Waals surface area contributed by atoms with Gasteiger partial charge in [-0.25, -0.2) is 8.42 Å². The Kier molecular flexibility index (Phi) is 11.2. The first-order chi connectivity index (χ1) is 19.0. The molecule has 214 valence electrons. The number of hydrogen-bond acceptors (Lipinski definition) is 5. The van der Waals surface area contributed by atoms with Crippen LogP contribution in [-0.2, 0) is 32.6 Å². The maximum Gasteiger partial charge on any atom is 0.244 e. The number of benzene rings is 3. The first-order valence-corrected chi connectivity index (χ1v) is 15.6. The van der Waals surface area contributed by atoms with Crippen molar-refractivity contribution in [2.75, 3.05) is 30.8 Å². The number of ether oxygens (including phenoxy) is 1. The van der Waals surface area contributed by atoms with Gasteiger partial charge in [0.25, 0.3) is 0 Å². The van der Waals surface area contributed by atoms with E-state index in [0.717, 1.165) is 21.7 Å². The van der Waals surface area contributed by atoms with E-state index in [4.69, 9.17) is 4.74 Å². The van der Waals surface area contributed by atoms with Crippen LogP contribution in [0.5, 0.6) is 5.75 Å². The fourth-order valence-corrected chi connectivity index (χ4v) is 5.67. The molecule has 0 saturated heterocycles. The highest BCUT2D eigenvalue weighted by Gasteiger charge is 2.33. The molecule has 10 heteroatoms. The third kappa shape index (κ3) is 8.82. The van der Waals surface area contributed by atoms with Gasteiger partial charge in [0.15, 0.2) is 0 Å². The molecule has 0 radical (unpaired) electrons. The van der Waals surface area contributed by atoms with Crippen molar-refractivity contribution in [3.8, 4) is 5.75 Å². The minimum Gasteiger partial charge on any atom is -0.497 e. The summed E-state index contributed by atoms with van der Waals surface area (Å²) in [7, 11) is -2.29. The number of methoxy groups -OCH3 is 1. The van der Waals surface area contributed by atoms with Gasteiger partial charge in [0.2, 0.25) is 21.8 Å². The second kappa shape index (κ2) is 14.3. The maximum absolute atomic E-state index is 14.1. The van der Waals surface area contributed by atoms with Crippen LogP contribution in [0.2, 0.25) is 0 Å². The molecule has 3 aromatic carbocycles. The second-order valence-electron chi connectivity index (χ2n) is 9.94. The molecule has 0 bridgehead atoms. The number of halogens is 1. The first-order valence-electron chi connectivity index (χ1n) is 13.0. The number of carbonyl (C=O) groups excluding carboxylic acids is 2. The molecule has 0 unspecified atom stereocenters. The molecular formula is C30H36BrN3O5S. The SMILES string of the molecule is COc1cccc(CN(C(=O)CN(c2ccccc2Br)S(C)(=O)=O)[C@@H](Cc2ccccc2)C(=O)NCC(C)C)c1. The molecule has 0 saturated carbocycles. The number of hydrogen-bond donors (Lipinski definition) is 1. The number of amides is 2. The van der Waals surface area contributed by atoms with Gasteiger partial charge in [0.1, 0.15) is 18.3 Å². The Morgan fingerprint density at radius 2 is 1.60 bits per heavy atom. The summed E-state index contributed by atoms with van der Waals surface area (Å²) < 4.78 is 32.7. The molecule has 0 fully saturated rings. The number of nitrogens with one attached hydrogen (secondary N) is 1. The third-order valence-electron chi connectivity index (χ3n) is 6.24. The quantitative estimate of drug-likeness (QED) is 0.297. The van der Waals surface area contributed by atoms with Crippen LogP contribution in [0.3, 0.4) is 0 Å². The summed E-state index contributed by atoms with van der Waals surface area (Å²) in [5, 5.41) is 2.97. The Hall–Kier alpha value is -3.37. The summed E-state index contributed by atoms with van der Waals surface area (Å²) in [6.45, 7) is 4.03. The average Bonchev–Trinajstić information content (AvgIpc) is 2.92. The minimum atomic E-state index is -3.84. The van der Waals surface area contributed by atoms with Crippen molar-refractivity contribution in [3.63, 3.8) is 0 Å². The summed E-state index contributed by atoms with van der Waals surface area (Å²) in [6.07, 6.45) is 1.32. The van der Waals surface area contributed by atoms with E-state index in [9.17, 15) is 18.0 Å². The lowest BCUT2D eigenvalue weighted by atomic mass is 10.0. The fraction of sp³-hybridized carbons (Fsp3) is 0.333. The zero-order valence-electron chi connectivity index (χ0n) is 23.2. The normalized spacial score (nSPS) is 12.1. The van der Waals surface area contributed by atoms with E-state index < -0.39 is 28.5 Å². The van der Waals surface area contributed by atoms with Crippen LogP contribution in [-0.4, -0.2) is 57.6 Å². The van der Waals surface area contributed by atoms with E-state index in [0.29, 0.717) is 22.5 Å². The van der Waals surface area contributed by atoms with Crippen molar-refractivity contribution in [1.29, 1.82) is 0 Å². The minimum absolute atomic E-state index is 0.0796. The second-order valence-corrected chi connectivity index (χ2v) is 12.7. The molecule has 0 aliphatic rings. The van der Waals surface area contributed by atoms with Crippen molar-refractivity contribution in [2.24, 2.45) is 5.92 Å². The highest BCUT2D eigenvalue weighted by Crippen LogP contribution is 2.28. The van der Waals surface area contributed by atoms with Crippen LogP contribution < -0.4 is 14.4 Å². The van der Waals surface area contributed by atoms with Crippen molar-refractivity contribution < 1.29 is 22.7 Å². The lowest BCUT2D eigenvalue weighted by molar-refractivity contribution is -0.140. The zero-order chi connectivity index (χ0) is 29.3. The Morgan fingerprint density at radius 3 is 2.23 bits per heavy atom. The molecule has 2 amide bonds. The Balaban J connectivity index is 2.07. The molecule has 3 aromatic rings. The Bertz CT molecular complexity index is 1400. The van der Waals surface area contributed by atoms with Gasteiger partial charge in [-0.05, 0) is 57.2 Å². The Morgan fingerprint density at radius 1 is 0.950 bits per heavy atom. The summed E-state index contributed by atoms with van der Waals surface area (Å²) in [5.41, 5.74) is 1.96. The standard InChI is InChI=1S/C30H36BrN3O5S/c1-22(2)19-32-30(36)28(18-23-11-6-5-7-12-23)33(20-24-13-10-14-25(17-24)39-3)29(35)21-34(40(4,37)38)27-16-9-8-15-26(27)31/h5-17,22,28H,18-21H2,1-4H3,(H,32,36)/t28-/m0/s1. The molecule has 0 spiro atoms. The molecule has 40 heavy (non-hydrogen) atoms. The molecule has 0 aliphatic heterocycles. The van der Waals surface area contributed by atoms with Gasteiger partial charge in [0, 0.05) is 24.0 Å². The largest absolute Gasteiger partial charge is 0.497 e. The fourth-order valence-electron chi connectivity index (χ4n) is 4.19. The number of sulfonamides is 1. The van der Waals surface area contributed by atoms with Crippen molar-refractivity contribution in [1.82, 2.24) is 10.2 Å². The van der Waals surface area contributed by atoms with Crippen molar-refractivity contribution in [2.45, 2.75) is 32.9 Å². The number of carbonyl (C=O) groups is 2. The third-order valence-corrected chi connectivity index (χ3v) is 8.04. The number of anilines is 1. The highest BCUT2D eigenvalue weighted by molar-refractivity contribution is 9.10. The molecule has 8 nitrogen and oxygen atoms in total. The predicted molar refractivity (Wildman–Crippen MR) is 162 cm³/mol. The monoisotopic (exact) mass is 629 g/mol. The van der Waals surface area contributed by atoms with E-state index in [1.807, 2.05) is 56.3 Å². The molecule has 3 rings (SSSR count). The van der Waals surface area contributed by atoms with E-state index in [-0.39, 0.29) is 24.8 Å². The lowest BCUT2D eigenvalue weighted by Crippen LogP contribution is -2.53.